The van der Waals surface area contributed by atoms with Crippen LogP contribution in [0.5, 0.6) is 0 Å². The summed E-state index contributed by atoms with van der Waals surface area (Å²) in [6.45, 7) is 6.73. The molecule has 0 aliphatic rings. The first-order chi connectivity index (χ1) is 18.0. The van der Waals surface area contributed by atoms with Gasteiger partial charge in [-0.2, -0.15) is 0 Å². The summed E-state index contributed by atoms with van der Waals surface area (Å²) in [4.78, 5) is 0. The molecule has 0 rings (SSSR count). The lowest BCUT2D eigenvalue weighted by molar-refractivity contribution is 0.0495. The van der Waals surface area contributed by atoms with Crippen molar-refractivity contribution in [1.82, 2.24) is 0 Å². The summed E-state index contributed by atoms with van der Waals surface area (Å²) in [7, 11) is 1.80. The first-order valence-corrected chi connectivity index (χ1v) is 16.9. The van der Waals surface area contributed by atoms with Gasteiger partial charge in [-0.1, -0.05) is 156 Å². The van der Waals surface area contributed by atoms with Gasteiger partial charge in [0.2, 0.25) is 0 Å². The van der Waals surface area contributed by atoms with Crippen molar-refractivity contribution in [3.63, 3.8) is 0 Å². The zero-order chi connectivity index (χ0) is 27.4. The lowest BCUT2D eigenvalue weighted by atomic mass is 9.94. The van der Waals surface area contributed by atoms with Gasteiger partial charge in [0, 0.05) is 7.11 Å². The molecule has 2 N–H and O–H groups in total. The fourth-order valence-corrected chi connectivity index (χ4v) is 5.84. The van der Waals surface area contributed by atoms with E-state index in [9.17, 15) is 10.2 Å². The maximum atomic E-state index is 10.3. The number of rotatable bonds is 30. The number of ether oxygens (including phenoxy) is 1. The van der Waals surface area contributed by atoms with Crippen molar-refractivity contribution in [2.75, 3.05) is 7.11 Å². The van der Waals surface area contributed by atoms with Crippen LogP contribution in [0, 0.1) is 5.92 Å². The van der Waals surface area contributed by atoms with E-state index in [1.165, 1.54) is 116 Å². The Morgan fingerprint density at radius 2 is 0.811 bits per heavy atom. The average Bonchev–Trinajstić information content (AvgIpc) is 2.88. The van der Waals surface area contributed by atoms with Gasteiger partial charge in [-0.05, 0) is 38.0 Å². The van der Waals surface area contributed by atoms with Crippen LogP contribution < -0.4 is 0 Å². The third kappa shape index (κ3) is 25.9. The summed E-state index contributed by atoms with van der Waals surface area (Å²) < 4.78 is 5.52. The van der Waals surface area contributed by atoms with Gasteiger partial charge in [-0.3, -0.25) is 0 Å². The molecule has 0 fully saturated rings. The van der Waals surface area contributed by atoms with Gasteiger partial charge in [-0.25, -0.2) is 0 Å². The van der Waals surface area contributed by atoms with Crippen molar-refractivity contribution < 1.29 is 14.9 Å². The van der Waals surface area contributed by atoms with Crippen LogP contribution in [0.1, 0.15) is 188 Å². The second-order valence-corrected chi connectivity index (χ2v) is 12.1. The van der Waals surface area contributed by atoms with E-state index in [1.807, 2.05) is 0 Å². The van der Waals surface area contributed by atoms with Gasteiger partial charge >= 0.3 is 0 Å². The molecule has 0 saturated heterocycles. The number of hydrogen-bond acceptors (Lipinski definition) is 3. The Morgan fingerprint density at radius 3 is 1.16 bits per heavy atom. The molecule has 4 atom stereocenters. The molecule has 0 radical (unpaired) electrons. The number of hydrogen-bond donors (Lipinski definition) is 2. The molecule has 224 valence electrons. The van der Waals surface area contributed by atoms with E-state index in [2.05, 4.69) is 20.8 Å². The fraction of sp³-hybridized carbons (Fsp3) is 1.00. The van der Waals surface area contributed by atoms with Crippen LogP contribution in [0.2, 0.25) is 0 Å². The number of methoxy groups -OCH3 is 1. The van der Waals surface area contributed by atoms with Gasteiger partial charge in [0.15, 0.2) is 0 Å². The number of aliphatic hydroxyl groups is 2. The standard InChI is InChI=1S/C34H70O3/c1-5-7-8-9-10-11-12-13-14-15-16-17-18-19-20-21-22-23-24-28-32(35)30-33(36)29-26-25-27-31(3)34(6-2)37-4/h31-36H,5-30H2,1-4H3. The Balaban J connectivity index is 3.34. The molecule has 0 saturated carbocycles. The summed E-state index contributed by atoms with van der Waals surface area (Å²) in [5.74, 6) is 0.576. The van der Waals surface area contributed by atoms with Crippen LogP contribution in [0.3, 0.4) is 0 Å². The summed E-state index contributed by atoms with van der Waals surface area (Å²) in [6, 6.07) is 0. The average molecular weight is 527 g/mol. The molecule has 0 bridgehead atoms. The van der Waals surface area contributed by atoms with Crippen LogP contribution in [0.15, 0.2) is 0 Å². The number of unbranched alkanes of at least 4 members (excludes halogenated alkanes) is 19. The third-order valence-corrected chi connectivity index (χ3v) is 8.47. The van der Waals surface area contributed by atoms with Crippen molar-refractivity contribution in [2.45, 2.75) is 206 Å². The van der Waals surface area contributed by atoms with Crippen LogP contribution in [-0.2, 0) is 4.74 Å². The largest absolute Gasteiger partial charge is 0.393 e. The smallest absolute Gasteiger partial charge is 0.0594 e. The second kappa shape index (κ2) is 28.9. The van der Waals surface area contributed by atoms with E-state index in [1.54, 1.807) is 7.11 Å². The molecule has 0 aliphatic carbocycles. The van der Waals surface area contributed by atoms with E-state index < -0.39 is 0 Å². The van der Waals surface area contributed by atoms with Crippen molar-refractivity contribution in [3.8, 4) is 0 Å². The van der Waals surface area contributed by atoms with Gasteiger partial charge in [0.25, 0.3) is 0 Å². The van der Waals surface area contributed by atoms with Crippen LogP contribution in [0.4, 0.5) is 0 Å². The molecule has 3 nitrogen and oxygen atoms in total. The molecule has 0 spiro atoms. The van der Waals surface area contributed by atoms with Crippen LogP contribution in [-0.4, -0.2) is 35.6 Å². The Hall–Kier alpha value is -0.120. The van der Waals surface area contributed by atoms with Gasteiger partial charge in [-0.15, -0.1) is 0 Å². The second-order valence-electron chi connectivity index (χ2n) is 12.1. The van der Waals surface area contributed by atoms with Gasteiger partial charge in [0.1, 0.15) is 0 Å². The molecule has 4 unspecified atom stereocenters. The highest BCUT2D eigenvalue weighted by molar-refractivity contribution is 4.67. The minimum absolute atomic E-state index is 0.335. The maximum Gasteiger partial charge on any atom is 0.0594 e. The molecule has 0 amide bonds. The lowest BCUT2D eigenvalue weighted by Gasteiger charge is -2.21. The SMILES string of the molecule is CCCCCCCCCCCCCCCCCCCCCC(O)CC(O)CCCCC(C)C(CC)OC. The highest BCUT2D eigenvalue weighted by Crippen LogP contribution is 2.20. The fourth-order valence-electron chi connectivity index (χ4n) is 5.84. The monoisotopic (exact) mass is 527 g/mol. The predicted octanol–water partition coefficient (Wildman–Crippen LogP) is 10.5. The molecule has 37 heavy (non-hydrogen) atoms. The van der Waals surface area contributed by atoms with Gasteiger partial charge < -0.3 is 14.9 Å². The van der Waals surface area contributed by atoms with Crippen molar-refractivity contribution in [3.05, 3.63) is 0 Å². The quantitative estimate of drug-likeness (QED) is 0.0915. The Labute approximate surface area is 233 Å². The van der Waals surface area contributed by atoms with E-state index in [0.29, 0.717) is 18.4 Å². The predicted molar refractivity (Wildman–Crippen MR) is 163 cm³/mol. The topological polar surface area (TPSA) is 49.7 Å². The lowest BCUT2D eigenvalue weighted by Crippen LogP contribution is -2.20. The molecular formula is C34H70O3. The maximum absolute atomic E-state index is 10.3. The minimum atomic E-state index is -0.352. The molecular weight excluding hydrogens is 456 g/mol. The van der Waals surface area contributed by atoms with E-state index >= 15 is 0 Å². The van der Waals surface area contributed by atoms with E-state index in [4.69, 9.17) is 4.74 Å². The normalized spacial score (nSPS) is 15.1. The highest BCUT2D eigenvalue weighted by Gasteiger charge is 2.15. The summed E-state index contributed by atoms with van der Waals surface area (Å²) in [5.41, 5.74) is 0. The Morgan fingerprint density at radius 1 is 0.486 bits per heavy atom. The summed E-state index contributed by atoms with van der Waals surface area (Å²) >= 11 is 0. The van der Waals surface area contributed by atoms with Crippen molar-refractivity contribution in [2.24, 2.45) is 5.92 Å². The molecule has 3 heteroatoms. The molecule has 0 aromatic carbocycles. The molecule has 0 heterocycles. The van der Waals surface area contributed by atoms with E-state index in [0.717, 1.165) is 44.9 Å². The first kappa shape index (κ1) is 36.9. The third-order valence-electron chi connectivity index (χ3n) is 8.47. The highest BCUT2D eigenvalue weighted by atomic mass is 16.5. The first-order valence-electron chi connectivity index (χ1n) is 16.9. The Bertz CT molecular complexity index is 423. The summed E-state index contributed by atoms with van der Waals surface area (Å²) in [5, 5.41) is 20.5. The number of aliphatic hydroxyl groups excluding tert-OH is 2. The van der Waals surface area contributed by atoms with Crippen LogP contribution in [0.25, 0.3) is 0 Å². The molecule has 0 aromatic rings. The zero-order valence-electron chi connectivity index (χ0n) is 26.0. The van der Waals surface area contributed by atoms with E-state index in [-0.39, 0.29) is 12.2 Å². The summed E-state index contributed by atoms with van der Waals surface area (Å²) in [6.07, 6.45) is 32.7. The van der Waals surface area contributed by atoms with Crippen molar-refractivity contribution >= 4 is 0 Å². The van der Waals surface area contributed by atoms with Gasteiger partial charge in [0.05, 0.1) is 18.3 Å². The zero-order valence-corrected chi connectivity index (χ0v) is 26.0. The molecule has 0 aromatic heterocycles. The Kier molecular flexibility index (Phi) is 28.8. The minimum Gasteiger partial charge on any atom is -0.393 e. The van der Waals surface area contributed by atoms with Crippen molar-refractivity contribution in [1.29, 1.82) is 0 Å². The van der Waals surface area contributed by atoms with Crippen LogP contribution >= 0.6 is 0 Å². The molecule has 0 aliphatic heterocycles.